The van der Waals surface area contributed by atoms with Crippen LogP contribution >= 0.6 is 0 Å². The van der Waals surface area contributed by atoms with Crippen molar-refractivity contribution in [3.05, 3.63) is 53.5 Å². The third-order valence-corrected chi connectivity index (χ3v) is 5.94. The summed E-state index contributed by atoms with van der Waals surface area (Å²) in [5.74, 6) is -1.07. The molecular weight excluding hydrogens is 345 g/mol. The van der Waals surface area contributed by atoms with Gasteiger partial charge in [0.2, 0.25) is 10.0 Å². The van der Waals surface area contributed by atoms with Gasteiger partial charge in [0.15, 0.2) is 0 Å². The Morgan fingerprint density at radius 3 is 2.56 bits per heavy atom. The number of pyridine rings is 1. The normalized spacial score (nSPS) is 15.3. The van der Waals surface area contributed by atoms with Crippen LogP contribution in [0, 0.1) is 12.7 Å². The number of sulfonamides is 1. The molecular formula is C17H18FN3O3S. The van der Waals surface area contributed by atoms with Gasteiger partial charge in [-0.15, -0.1) is 0 Å². The van der Waals surface area contributed by atoms with Gasteiger partial charge in [0.1, 0.15) is 16.5 Å². The SMILES string of the molecule is Cc1ccc(NC(=O)c2ccc(F)c(S(=O)(=O)N3CCCC3)c2)nc1. The molecule has 0 spiro atoms. The molecule has 25 heavy (non-hydrogen) atoms. The van der Waals surface area contributed by atoms with Crippen molar-refractivity contribution in [2.24, 2.45) is 0 Å². The molecule has 0 saturated carbocycles. The van der Waals surface area contributed by atoms with Crippen LogP contribution in [-0.2, 0) is 10.0 Å². The van der Waals surface area contributed by atoms with E-state index in [2.05, 4.69) is 10.3 Å². The molecule has 8 heteroatoms. The summed E-state index contributed by atoms with van der Waals surface area (Å²) in [6.07, 6.45) is 3.10. The molecule has 6 nitrogen and oxygen atoms in total. The molecule has 2 aromatic rings. The number of anilines is 1. The van der Waals surface area contributed by atoms with Crippen molar-refractivity contribution in [1.82, 2.24) is 9.29 Å². The van der Waals surface area contributed by atoms with Crippen molar-refractivity contribution >= 4 is 21.7 Å². The second-order valence-corrected chi connectivity index (χ2v) is 7.84. The number of halogens is 1. The molecule has 1 aromatic heterocycles. The smallest absolute Gasteiger partial charge is 0.256 e. The van der Waals surface area contributed by atoms with Gasteiger partial charge in [-0.05, 0) is 49.6 Å². The van der Waals surface area contributed by atoms with Crippen LogP contribution in [0.15, 0.2) is 41.4 Å². The lowest BCUT2D eigenvalue weighted by Gasteiger charge is -2.16. The standard InChI is InChI=1S/C17H18FN3O3S/c1-12-4-7-16(19-11-12)20-17(22)13-5-6-14(18)15(10-13)25(23,24)21-8-2-3-9-21/h4-7,10-11H,2-3,8-9H2,1H3,(H,19,20,22). The molecule has 0 bridgehead atoms. The van der Waals surface area contributed by atoms with Gasteiger partial charge in [0, 0.05) is 24.8 Å². The lowest BCUT2D eigenvalue weighted by Crippen LogP contribution is -2.29. The van der Waals surface area contributed by atoms with E-state index in [4.69, 9.17) is 0 Å². The van der Waals surface area contributed by atoms with Crippen LogP contribution in [0.25, 0.3) is 0 Å². The molecule has 3 rings (SSSR count). The van der Waals surface area contributed by atoms with Gasteiger partial charge < -0.3 is 5.32 Å². The monoisotopic (exact) mass is 363 g/mol. The predicted octanol–water partition coefficient (Wildman–Crippen LogP) is 2.57. The van der Waals surface area contributed by atoms with Crippen molar-refractivity contribution in [2.75, 3.05) is 18.4 Å². The fourth-order valence-electron chi connectivity index (χ4n) is 2.64. The summed E-state index contributed by atoms with van der Waals surface area (Å²) < 4.78 is 40.5. The van der Waals surface area contributed by atoms with E-state index in [1.54, 1.807) is 18.3 Å². The molecule has 1 amide bonds. The molecule has 1 aliphatic rings. The fourth-order valence-corrected chi connectivity index (χ4v) is 4.25. The van der Waals surface area contributed by atoms with Gasteiger partial charge in [-0.3, -0.25) is 4.79 Å². The number of nitrogens with one attached hydrogen (secondary N) is 1. The summed E-state index contributed by atoms with van der Waals surface area (Å²) in [7, 11) is -3.94. The van der Waals surface area contributed by atoms with E-state index in [0.29, 0.717) is 18.9 Å². The molecule has 1 N–H and O–H groups in total. The average molecular weight is 363 g/mol. The molecule has 2 heterocycles. The quantitative estimate of drug-likeness (QED) is 0.905. The van der Waals surface area contributed by atoms with E-state index in [0.717, 1.165) is 30.5 Å². The van der Waals surface area contributed by atoms with Gasteiger partial charge in [-0.1, -0.05) is 6.07 Å². The molecule has 132 valence electrons. The number of aryl methyl sites for hydroxylation is 1. The first-order valence-corrected chi connectivity index (χ1v) is 9.35. The first-order valence-electron chi connectivity index (χ1n) is 7.91. The minimum Gasteiger partial charge on any atom is -0.307 e. The Kier molecular flexibility index (Phi) is 4.82. The average Bonchev–Trinajstić information content (AvgIpc) is 3.12. The van der Waals surface area contributed by atoms with Crippen molar-refractivity contribution < 1.29 is 17.6 Å². The van der Waals surface area contributed by atoms with Gasteiger partial charge >= 0.3 is 0 Å². The van der Waals surface area contributed by atoms with Crippen LogP contribution in [0.3, 0.4) is 0 Å². The Morgan fingerprint density at radius 2 is 1.92 bits per heavy atom. The summed E-state index contributed by atoms with van der Waals surface area (Å²) >= 11 is 0. The highest BCUT2D eigenvalue weighted by Crippen LogP contribution is 2.24. The summed E-state index contributed by atoms with van der Waals surface area (Å²) in [5.41, 5.74) is 1.00. The van der Waals surface area contributed by atoms with Crippen molar-refractivity contribution in [1.29, 1.82) is 0 Å². The van der Waals surface area contributed by atoms with Crippen molar-refractivity contribution in [3.63, 3.8) is 0 Å². The highest BCUT2D eigenvalue weighted by molar-refractivity contribution is 7.89. The molecule has 0 radical (unpaired) electrons. The number of hydrogen-bond acceptors (Lipinski definition) is 4. The number of amides is 1. The number of aromatic nitrogens is 1. The van der Waals surface area contributed by atoms with Crippen molar-refractivity contribution in [2.45, 2.75) is 24.7 Å². The lowest BCUT2D eigenvalue weighted by atomic mass is 10.2. The van der Waals surface area contributed by atoms with E-state index >= 15 is 0 Å². The minimum absolute atomic E-state index is 0.0570. The largest absolute Gasteiger partial charge is 0.307 e. The molecule has 0 aliphatic carbocycles. The third-order valence-electron chi connectivity index (χ3n) is 4.03. The highest BCUT2D eigenvalue weighted by Gasteiger charge is 2.30. The Labute approximate surface area is 145 Å². The molecule has 0 unspecified atom stereocenters. The second-order valence-electron chi connectivity index (χ2n) is 5.93. The van der Waals surface area contributed by atoms with E-state index in [-0.39, 0.29) is 5.56 Å². The second kappa shape index (κ2) is 6.89. The predicted molar refractivity (Wildman–Crippen MR) is 91.3 cm³/mol. The lowest BCUT2D eigenvalue weighted by molar-refractivity contribution is 0.102. The molecule has 1 fully saturated rings. The first-order chi connectivity index (χ1) is 11.9. The number of nitrogens with zero attached hydrogens (tertiary/aromatic N) is 2. The van der Waals surface area contributed by atoms with Gasteiger partial charge in [-0.25, -0.2) is 17.8 Å². The molecule has 1 saturated heterocycles. The Hall–Kier alpha value is -2.32. The summed E-state index contributed by atoms with van der Waals surface area (Å²) in [4.78, 5) is 15.9. The summed E-state index contributed by atoms with van der Waals surface area (Å²) in [6, 6.07) is 6.75. The minimum atomic E-state index is -3.94. The maximum absolute atomic E-state index is 14.1. The first kappa shape index (κ1) is 17.5. The van der Waals surface area contributed by atoms with E-state index in [9.17, 15) is 17.6 Å². The van der Waals surface area contributed by atoms with Crippen LogP contribution in [0.2, 0.25) is 0 Å². The van der Waals surface area contributed by atoms with E-state index < -0.39 is 26.6 Å². The highest BCUT2D eigenvalue weighted by atomic mass is 32.2. The zero-order chi connectivity index (χ0) is 18.0. The fraction of sp³-hybridized carbons (Fsp3) is 0.294. The van der Waals surface area contributed by atoms with Crippen molar-refractivity contribution in [3.8, 4) is 0 Å². The molecule has 1 aliphatic heterocycles. The number of hydrogen-bond donors (Lipinski definition) is 1. The maximum atomic E-state index is 14.1. The van der Waals surface area contributed by atoms with E-state index in [1.165, 1.54) is 10.4 Å². The van der Waals surface area contributed by atoms with Crippen LogP contribution in [-0.4, -0.2) is 36.7 Å². The van der Waals surface area contributed by atoms with Gasteiger partial charge in [0.25, 0.3) is 5.91 Å². The Bertz CT molecular complexity index is 892. The topological polar surface area (TPSA) is 79.4 Å². The van der Waals surface area contributed by atoms with Crippen LogP contribution in [0.4, 0.5) is 10.2 Å². The van der Waals surface area contributed by atoms with Crippen LogP contribution in [0.1, 0.15) is 28.8 Å². The Balaban J connectivity index is 1.88. The zero-order valence-electron chi connectivity index (χ0n) is 13.7. The number of carbonyl (C=O) groups excluding carboxylic acids is 1. The summed E-state index contributed by atoms with van der Waals surface area (Å²) in [5, 5.41) is 2.57. The molecule has 0 atom stereocenters. The summed E-state index contributed by atoms with van der Waals surface area (Å²) in [6.45, 7) is 2.60. The third kappa shape index (κ3) is 3.69. The van der Waals surface area contributed by atoms with Gasteiger partial charge in [-0.2, -0.15) is 4.31 Å². The zero-order valence-corrected chi connectivity index (χ0v) is 14.5. The number of carbonyl (C=O) groups is 1. The van der Waals surface area contributed by atoms with Crippen LogP contribution in [0.5, 0.6) is 0 Å². The Morgan fingerprint density at radius 1 is 1.20 bits per heavy atom. The van der Waals surface area contributed by atoms with Gasteiger partial charge in [0.05, 0.1) is 0 Å². The van der Waals surface area contributed by atoms with E-state index in [1.807, 2.05) is 6.92 Å². The van der Waals surface area contributed by atoms with Crippen LogP contribution < -0.4 is 5.32 Å². The molecule has 1 aromatic carbocycles. The number of benzene rings is 1. The maximum Gasteiger partial charge on any atom is 0.256 e. The number of rotatable bonds is 4.